The van der Waals surface area contributed by atoms with Crippen LogP contribution in [0.5, 0.6) is 0 Å². The highest BCUT2D eigenvalue weighted by molar-refractivity contribution is 6.31. The van der Waals surface area contributed by atoms with Gasteiger partial charge in [-0.3, -0.25) is 9.59 Å². The Kier molecular flexibility index (Phi) is 7.80. The van der Waals surface area contributed by atoms with Gasteiger partial charge in [0, 0.05) is 25.0 Å². The summed E-state index contributed by atoms with van der Waals surface area (Å²) < 4.78 is 13.2. The first-order chi connectivity index (χ1) is 13.0. The molecular formula is C21H24ClFN2O2. The van der Waals surface area contributed by atoms with Crippen LogP contribution in [0.15, 0.2) is 48.5 Å². The van der Waals surface area contributed by atoms with Crippen LogP contribution < -0.4 is 5.32 Å². The molecule has 6 heteroatoms. The van der Waals surface area contributed by atoms with Crippen molar-refractivity contribution >= 4 is 23.4 Å². The number of benzene rings is 2. The maximum Gasteiger partial charge on any atom is 0.242 e. The molecule has 0 bridgehead atoms. The van der Waals surface area contributed by atoms with Gasteiger partial charge in [-0.05, 0) is 42.2 Å². The van der Waals surface area contributed by atoms with E-state index in [0.717, 1.165) is 11.1 Å². The molecule has 1 N–H and O–H groups in total. The van der Waals surface area contributed by atoms with E-state index >= 15 is 0 Å². The summed E-state index contributed by atoms with van der Waals surface area (Å²) >= 11 is 6.17. The molecule has 0 heterocycles. The van der Waals surface area contributed by atoms with E-state index in [1.807, 2.05) is 25.1 Å². The largest absolute Gasteiger partial charge is 0.357 e. The molecule has 0 aliphatic carbocycles. The molecule has 0 saturated heterocycles. The number of nitrogens with one attached hydrogen (secondary N) is 1. The van der Waals surface area contributed by atoms with Gasteiger partial charge in [0.1, 0.15) is 11.9 Å². The van der Waals surface area contributed by atoms with Crippen molar-refractivity contribution in [2.75, 3.05) is 7.05 Å². The summed E-state index contributed by atoms with van der Waals surface area (Å²) in [5.41, 5.74) is 1.66. The van der Waals surface area contributed by atoms with E-state index in [2.05, 4.69) is 5.32 Å². The summed E-state index contributed by atoms with van der Waals surface area (Å²) in [6.07, 6.45) is 1.21. The topological polar surface area (TPSA) is 49.4 Å². The van der Waals surface area contributed by atoms with Gasteiger partial charge in [0.05, 0.1) is 0 Å². The smallest absolute Gasteiger partial charge is 0.242 e. The monoisotopic (exact) mass is 390 g/mol. The van der Waals surface area contributed by atoms with Crippen LogP contribution in [0.4, 0.5) is 4.39 Å². The number of aryl methyl sites for hydroxylation is 1. The summed E-state index contributed by atoms with van der Waals surface area (Å²) in [6.45, 7) is 2.10. The van der Waals surface area contributed by atoms with Crippen molar-refractivity contribution < 1.29 is 14.0 Å². The van der Waals surface area contributed by atoms with Crippen molar-refractivity contribution in [3.8, 4) is 0 Å². The molecule has 0 aliphatic heterocycles. The maximum absolute atomic E-state index is 13.2. The van der Waals surface area contributed by atoms with E-state index in [4.69, 9.17) is 11.6 Å². The van der Waals surface area contributed by atoms with Gasteiger partial charge in [-0.2, -0.15) is 0 Å². The van der Waals surface area contributed by atoms with E-state index in [9.17, 15) is 14.0 Å². The van der Waals surface area contributed by atoms with Gasteiger partial charge in [-0.15, -0.1) is 0 Å². The third-order valence-corrected chi connectivity index (χ3v) is 4.83. The van der Waals surface area contributed by atoms with E-state index in [-0.39, 0.29) is 30.6 Å². The lowest BCUT2D eigenvalue weighted by molar-refractivity contribution is -0.141. The number of rotatable bonds is 8. The van der Waals surface area contributed by atoms with Crippen LogP contribution in [-0.4, -0.2) is 29.8 Å². The fourth-order valence-electron chi connectivity index (χ4n) is 2.96. The second-order valence-corrected chi connectivity index (χ2v) is 6.69. The molecule has 144 valence electrons. The normalized spacial score (nSPS) is 11.7. The van der Waals surface area contributed by atoms with Crippen molar-refractivity contribution in [3.63, 3.8) is 0 Å². The molecule has 0 radical (unpaired) electrons. The Morgan fingerprint density at radius 3 is 2.41 bits per heavy atom. The Balaban J connectivity index is 2.19. The standard InChI is InChI=1S/C21H24ClFN2O2/c1-3-19(21(27)24-2)25(14-15-8-11-17(23)12-9-15)20(26)13-10-16-6-4-5-7-18(16)22/h4-9,11-12,19H,3,10,13-14H2,1-2H3,(H,24,27). The van der Waals surface area contributed by atoms with Crippen molar-refractivity contribution in [2.24, 2.45) is 0 Å². The summed E-state index contributed by atoms with van der Waals surface area (Å²) in [7, 11) is 1.55. The highest BCUT2D eigenvalue weighted by Crippen LogP contribution is 2.19. The molecule has 2 rings (SSSR count). The molecule has 0 aliphatic rings. The zero-order valence-electron chi connectivity index (χ0n) is 15.5. The van der Waals surface area contributed by atoms with E-state index in [0.29, 0.717) is 17.9 Å². The molecule has 4 nitrogen and oxygen atoms in total. The highest BCUT2D eigenvalue weighted by atomic mass is 35.5. The number of carbonyl (C=O) groups excluding carboxylic acids is 2. The SMILES string of the molecule is CCC(C(=O)NC)N(Cc1ccc(F)cc1)C(=O)CCc1ccccc1Cl. The molecular weight excluding hydrogens is 367 g/mol. The van der Waals surface area contributed by atoms with Crippen LogP contribution in [0.1, 0.15) is 30.9 Å². The lowest BCUT2D eigenvalue weighted by atomic mass is 10.1. The van der Waals surface area contributed by atoms with Gasteiger partial charge in [0.2, 0.25) is 11.8 Å². The number of likely N-dealkylation sites (N-methyl/N-ethyl adjacent to an activating group) is 1. The number of halogens is 2. The Morgan fingerprint density at radius 1 is 1.15 bits per heavy atom. The van der Waals surface area contributed by atoms with Crippen molar-refractivity contribution in [1.82, 2.24) is 10.2 Å². The van der Waals surface area contributed by atoms with Crippen molar-refractivity contribution in [1.29, 1.82) is 0 Å². The van der Waals surface area contributed by atoms with Gasteiger partial charge in [0.15, 0.2) is 0 Å². The first-order valence-corrected chi connectivity index (χ1v) is 9.33. The molecule has 2 aromatic carbocycles. The molecule has 0 aromatic heterocycles. The van der Waals surface area contributed by atoms with Crippen LogP contribution in [0, 0.1) is 5.82 Å². The predicted molar refractivity (Wildman–Crippen MR) is 105 cm³/mol. The average Bonchev–Trinajstić information content (AvgIpc) is 2.68. The van der Waals surface area contributed by atoms with Gasteiger partial charge in [-0.25, -0.2) is 4.39 Å². The summed E-state index contributed by atoms with van der Waals surface area (Å²) in [5.74, 6) is -0.700. The third kappa shape index (κ3) is 5.79. The molecule has 2 amide bonds. The highest BCUT2D eigenvalue weighted by Gasteiger charge is 2.27. The van der Waals surface area contributed by atoms with E-state index in [1.165, 1.54) is 12.1 Å². The lowest BCUT2D eigenvalue weighted by Crippen LogP contribution is -2.48. The van der Waals surface area contributed by atoms with Crippen LogP contribution >= 0.6 is 11.6 Å². The Bertz CT molecular complexity index is 780. The first kappa shape index (κ1) is 20.9. The van der Waals surface area contributed by atoms with Crippen molar-refractivity contribution in [3.05, 3.63) is 70.5 Å². The fourth-order valence-corrected chi connectivity index (χ4v) is 3.19. The molecule has 0 fully saturated rings. The molecule has 0 saturated carbocycles. The first-order valence-electron chi connectivity index (χ1n) is 8.95. The maximum atomic E-state index is 13.2. The molecule has 27 heavy (non-hydrogen) atoms. The van der Waals surface area contributed by atoms with Crippen LogP contribution in [-0.2, 0) is 22.6 Å². The summed E-state index contributed by atoms with van der Waals surface area (Å²) in [6, 6.07) is 12.8. The number of amides is 2. The Labute approximate surface area is 164 Å². The quantitative estimate of drug-likeness (QED) is 0.741. The molecule has 1 atom stereocenters. The second-order valence-electron chi connectivity index (χ2n) is 6.28. The van der Waals surface area contributed by atoms with Gasteiger partial charge >= 0.3 is 0 Å². The van der Waals surface area contributed by atoms with E-state index in [1.54, 1.807) is 30.1 Å². The Morgan fingerprint density at radius 2 is 1.81 bits per heavy atom. The summed E-state index contributed by atoms with van der Waals surface area (Å²) in [4.78, 5) is 26.8. The number of hydrogen-bond donors (Lipinski definition) is 1. The van der Waals surface area contributed by atoms with Gasteiger partial charge in [0.25, 0.3) is 0 Å². The van der Waals surface area contributed by atoms with Crippen molar-refractivity contribution in [2.45, 2.75) is 38.8 Å². The number of hydrogen-bond acceptors (Lipinski definition) is 2. The number of carbonyl (C=O) groups is 2. The second kappa shape index (κ2) is 10.1. The molecule has 1 unspecified atom stereocenters. The fraction of sp³-hybridized carbons (Fsp3) is 0.333. The van der Waals surface area contributed by atoms with Crippen LogP contribution in [0.25, 0.3) is 0 Å². The number of nitrogens with zero attached hydrogens (tertiary/aromatic N) is 1. The molecule has 0 spiro atoms. The third-order valence-electron chi connectivity index (χ3n) is 4.46. The average molecular weight is 391 g/mol. The van der Waals surface area contributed by atoms with Gasteiger partial charge in [-0.1, -0.05) is 48.9 Å². The zero-order chi connectivity index (χ0) is 19.8. The minimum atomic E-state index is -0.584. The van der Waals surface area contributed by atoms with Gasteiger partial charge < -0.3 is 10.2 Å². The van der Waals surface area contributed by atoms with Crippen LogP contribution in [0.3, 0.4) is 0 Å². The zero-order valence-corrected chi connectivity index (χ0v) is 16.3. The Hall–Kier alpha value is -2.40. The summed E-state index contributed by atoms with van der Waals surface area (Å²) in [5, 5.41) is 3.23. The minimum Gasteiger partial charge on any atom is -0.357 e. The predicted octanol–water partition coefficient (Wildman–Crippen LogP) is 3.97. The lowest BCUT2D eigenvalue weighted by Gasteiger charge is -2.30. The van der Waals surface area contributed by atoms with Crippen LogP contribution in [0.2, 0.25) is 5.02 Å². The molecule has 2 aromatic rings. The minimum absolute atomic E-state index is 0.144. The van der Waals surface area contributed by atoms with E-state index < -0.39 is 6.04 Å².